The van der Waals surface area contributed by atoms with Gasteiger partial charge in [0.15, 0.2) is 0 Å². The van der Waals surface area contributed by atoms with Gasteiger partial charge < -0.3 is 5.32 Å². The molecule has 0 spiro atoms. The molecule has 52 valence electrons. The highest BCUT2D eigenvalue weighted by Gasteiger charge is 1.92. The molecule has 0 fully saturated rings. The van der Waals surface area contributed by atoms with Crippen LogP contribution in [0.1, 0.15) is 35.1 Å². The Kier molecular flexibility index (Phi) is 6.93. The molecule has 0 aliphatic rings. The van der Waals surface area contributed by atoms with E-state index < -0.39 is 0 Å². The van der Waals surface area contributed by atoms with E-state index >= 15 is 0 Å². The second-order valence-corrected chi connectivity index (χ2v) is 2.48. The van der Waals surface area contributed by atoms with Crippen LogP contribution in [-0.2, 0) is 0 Å². The fraction of sp³-hybridized carbons (Fsp3) is 1.00. The first-order valence-corrected chi connectivity index (χ1v) is 2.89. The van der Waals surface area contributed by atoms with Gasteiger partial charge in [-0.25, -0.2) is 0 Å². The van der Waals surface area contributed by atoms with E-state index in [4.69, 9.17) is 0 Å². The highest BCUT2D eigenvalue weighted by Crippen LogP contribution is 1.80. The average Bonchev–Trinajstić information content (AvgIpc) is 1.27. The standard InChI is InChI=1S/C6H15N.CH4/c1-5(2)7-6(3)4;/h5-7H,1-4H3;1H4. The van der Waals surface area contributed by atoms with E-state index in [1.54, 1.807) is 0 Å². The van der Waals surface area contributed by atoms with Gasteiger partial charge in [0.2, 0.25) is 0 Å². The van der Waals surface area contributed by atoms with Crippen LogP contribution < -0.4 is 5.32 Å². The molecule has 0 saturated carbocycles. The van der Waals surface area contributed by atoms with Crippen molar-refractivity contribution in [2.45, 2.75) is 47.2 Å². The molecule has 0 aromatic carbocycles. The molecule has 8 heavy (non-hydrogen) atoms. The third-order valence-corrected chi connectivity index (χ3v) is 0.667. The van der Waals surface area contributed by atoms with Crippen LogP contribution in [-0.4, -0.2) is 12.1 Å². The lowest BCUT2D eigenvalue weighted by atomic mass is 10.3. The van der Waals surface area contributed by atoms with Gasteiger partial charge in [0.25, 0.3) is 0 Å². The summed E-state index contributed by atoms with van der Waals surface area (Å²) >= 11 is 0. The van der Waals surface area contributed by atoms with Crippen LogP contribution >= 0.6 is 0 Å². The Morgan fingerprint density at radius 3 is 1.12 bits per heavy atom. The van der Waals surface area contributed by atoms with Crippen molar-refractivity contribution in [3.8, 4) is 0 Å². The monoisotopic (exact) mass is 117 g/mol. The Bertz CT molecular complexity index is 33.7. The molecule has 1 nitrogen and oxygen atoms in total. The van der Waals surface area contributed by atoms with E-state index in [9.17, 15) is 0 Å². The Morgan fingerprint density at radius 2 is 1.12 bits per heavy atom. The predicted molar refractivity (Wildman–Crippen MR) is 40.1 cm³/mol. The average molecular weight is 117 g/mol. The largest absolute Gasteiger partial charge is 0.312 e. The third kappa shape index (κ3) is 9.35. The topological polar surface area (TPSA) is 12.0 Å². The summed E-state index contributed by atoms with van der Waals surface area (Å²) in [5.41, 5.74) is 0. The lowest BCUT2D eigenvalue weighted by Crippen LogP contribution is -2.29. The van der Waals surface area contributed by atoms with Crippen LogP contribution in [0.2, 0.25) is 0 Å². The summed E-state index contributed by atoms with van der Waals surface area (Å²) in [5.74, 6) is 0. The highest BCUT2D eigenvalue weighted by molar-refractivity contribution is 4.55. The van der Waals surface area contributed by atoms with Crippen molar-refractivity contribution < 1.29 is 0 Å². The van der Waals surface area contributed by atoms with Gasteiger partial charge in [-0.2, -0.15) is 0 Å². The third-order valence-electron chi connectivity index (χ3n) is 0.667. The lowest BCUT2D eigenvalue weighted by Gasteiger charge is -2.10. The number of hydrogen-bond acceptors (Lipinski definition) is 1. The van der Waals surface area contributed by atoms with Crippen LogP contribution in [0.4, 0.5) is 0 Å². The van der Waals surface area contributed by atoms with Crippen molar-refractivity contribution in [3.05, 3.63) is 0 Å². The van der Waals surface area contributed by atoms with E-state index in [1.165, 1.54) is 0 Å². The second-order valence-electron chi connectivity index (χ2n) is 2.48. The van der Waals surface area contributed by atoms with Crippen molar-refractivity contribution in [2.24, 2.45) is 0 Å². The molecule has 0 saturated heterocycles. The first-order chi connectivity index (χ1) is 3.13. The van der Waals surface area contributed by atoms with Crippen molar-refractivity contribution in [1.29, 1.82) is 0 Å². The molecule has 0 bridgehead atoms. The van der Waals surface area contributed by atoms with Gasteiger partial charge in [0.1, 0.15) is 0 Å². The summed E-state index contributed by atoms with van der Waals surface area (Å²) in [7, 11) is 0. The zero-order chi connectivity index (χ0) is 5.86. The van der Waals surface area contributed by atoms with Crippen LogP contribution in [0, 0.1) is 0 Å². The number of rotatable bonds is 2. The van der Waals surface area contributed by atoms with E-state index in [1.807, 2.05) is 0 Å². The maximum absolute atomic E-state index is 3.31. The Hall–Kier alpha value is -0.0400. The van der Waals surface area contributed by atoms with Gasteiger partial charge in [-0.3, -0.25) is 0 Å². The van der Waals surface area contributed by atoms with Crippen LogP contribution in [0.15, 0.2) is 0 Å². The van der Waals surface area contributed by atoms with E-state index in [0.29, 0.717) is 12.1 Å². The van der Waals surface area contributed by atoms with Gasteiger partial charge in [-0.15, -0.1) is 0 Å². The lowest BCUT2D eigenvalue weighted by molar-refractivity contribution is 0.518. The summed E-state index contributed by atoms with van der Waals surface area (Å²) in [6.45, 7) is 8.61. The molecule has 0 heterocycles. The number of nitrogens with one attached hydrogen (secondary N) is 1. The first-order valence-electron chi connectivity index (χ1n) is 2.89. The quantitative estimate of drug-likeness (QED) is 0.583. The molecule has 0 amide bonds. The molecule has 1 N–H and O–H groups in total. The van der Waals surface area contributed by atoms with E-state index in [-0.39, 0.29) is 7.43 Å². The SMILES string of the molecule is C.CC(C)NC(C)C. The fourth-order valence-corrected chi connectivity index (χ4v) is 0.667. The minimum atomic E-state index is 0. The Balaban J connectivity index is 0. The van der Waals surface area contributed by atoms with Crippen molar-refractivity contribution in [3.63, 3.8) is 0 Å². The van der Waals surface area contributed by atoms with E-state index in [2.05, 4.69) is 33.0 Å². The van der Waals surface area contributed by atoms with Gasteiger partial charge in [-0.1, -0.05) is 35.1 Å². The van der Waals surface area contributed by atoms with Gasteiger partial charge in [-0.05, 0) is 0 Å². The fourth-order valence-electron chi connectivity index (χ4n) is 0.667. The molecule has 0 aliphatic carbocycles. The molecule has 1 heteroatoms. The Morgan fingerprint density at radius 1 is 0.875 bits per heavy atom. The van der Waals surface area contributed by atoms with Crippen LogP contribution in [0.25, 0.3) is 0 Å². The van der Waals surface area contributed by atoms with Crippen LogP contribution in [0.5, 0.6) is 0 Å². The second kappa shape index (κ2) is 5.10. The summed E-state index contributed by atoms with van der Waals surface area (Å²) in [6.07, 6.45) is 0. The van der Waals surface area contributed by atoms with Gasteiger partial charge >= 0.3 is 0 Å². The summed E-state index contributed by atoms with van der Waals surface area (Å²) in [4.78, 5) is 0. The molecule has 0 aliphatic heterocycles. The molecule has 0 unspecified atom stereocenters. The molecule has 0 aromatic heterocycles. The molecule has 0 radical (unpaired) electrons. The van der Waals surface area contributed by atoms with Gasteiger partial charge in [0.05, 0.1) is 0 Å². The molecule has 0 atom stereocenters. The van der Waals surface area contributed by atoms with Crippen LogP contribution in [0.3, 0.4) is 0 Å². The van der Waals surface area contributed by atoms with E-state index in [0.717, 1.165) is 0 Å². The summed E-state index contributed by atoms with van der Waals surface area (Å²) in [5, 5.41) is 3.31. The smallest absolute Gasteiger partial charge is 0.00127 e. The summed E-state index contributed by atoms with van der Waals surface area (Å²) in [6, 6.07) is 1.25. The van der Waals surface area contributed by atoms with Crippen molar-refractivity contribution >= 4 is 0 Å². The van der Waals surface area contributed by atoms with Crippen molar-refractivity contribution in [2.75, 3.05) is 0 Å². The minimum absolute atomic E-state index is 0. The van der Waals surface area contributed by atoms with Gasteiger partial charge in [0, 0.05) is 12.1 Å². The zero-order valence-electron chi connectivity index (χ0n) is 5.65. The minimum Gasteiger partial charge on any atom is -0.312 e. The summed E-state index contributed by atoms with van der Waals surface area (Å²) < 4.78 is 0. The molecule has 0 aromatic rings. The maximum Gasteiger partial charge on any atom is 0.00127 e. The van der Waals surface area contributed by atoms with Crippen molar-refractivity contribution in [1.82, 2.24) is 5.32 Å². The predicted octanol–water partition coefficient (Wildman–Crippen LogP) is 2.03. The molecular weight excluding hydrogens is 98.1 g/mol. The zero-order valence-corrected chi connectivity index (χ0v) is 5.65. The number of hydrogen-bond donors (Lipinski definition) is 1. The highest BCUT2D eigenvalue weighted by atomic mass is 14.9. The molecule has 0 rings (SSSR count). The Labute approximate surface area is 53.5 Å². The first kappa shape index (κ1) is 10.9. The molecular formula is C7H19N. The normalized spacial score (nSPS) is 9.75. The maximum atomic E-state index is 3.31.